The summed E-state index contributed by atoms with van der Waals surface area (Å²) < 4.78 is 6.15. The first-order valence-corrected chi connectivity index (χ1v) is 12.0. The Morgan fingerprint density at radius 2 is 1.89 bits per heavy atom. The standard InChI is InChI=1S/C25H27N7O2S/c1-17(18-7-5-4-6-8-18)34-23-21(27-13-14-32(2)3)15-20(16-28-23)22(33)29-25-31-30-24(35-25)19-9-11-26-12-10-19/h4-12,15-17,27H,13-14H2,1-3H3,(H,29,31,33)/t17-/m1/s1. The summed E-state index contributed by atoms with van der Waals surface area (Å²) >= 11 is 1.29. The van der Waals surface area contributed by atoms with E-state index < -0.39 is 0 Å². The van der Waals surface area contributed by atoms with Crippen LogP contribution in [0.4, 0.5) is 10.8 Å². The molecule has 0 aliphatic rings. The molecule has 9 nitrogen and oxygen atoms in total. The molecule has 0 unspecified atom stereocenters. The van der Waals surface area contributed by atoms with Crippen LogP contribution in [0.2, 0.25) is 0 Å². The Morgan fingerprint density at radius 1 is 1.11 bits per heavy atom. The molecule has 0 saturated heterocycles. The third-order valence-electron chi connectivity index (χ3n) is 5.12. The minimum Gasteiger partial charge on any atom is -0.468 e. The number of rotatable bonds is 10. The van der Waals surface area contributed by atoms with Crippen molar-refractivity contribution in [2.45, 2.75) is 13.0 Å². The van der Waals surface area contributed by atoms with Crippen molar-refractivity contribution < 1.29 is 9.53 Å². The molecule has 3 heterocycles. The highest BCUT2D eigenvalue weighted by atomic mass is 32.1. The minimum atomic E-state index is -0.326. The predicted octanol–water partition coefficient (Wildman–Crippen LogP) is 4.36. The molecule has 0 fully saturated rings. The fourth-order valence-electron chi connectivity index (χ4n) is 3.22. The number of carbonyl (C=O) groups excluding carboxylic acids is 1. The summed E-state index contributed by atoms with van der Waals surface area (Å²) in [6.07, 6.45) is 4.68. The highest BCUT2D eigenvalue weighted by molar-refractivity contribution is 7.18. The Balaban J connectivity index is 1.51. The van der Waals surface area contributed by atoms with Gasteiger partial charge in [-0.25, -0.2) is 4.98 Å². The molecule has 1 aromatic carbocycles. The van der Waals surface area contributed by atoms with Crippen molar-refractivity contribution in [2.75, 3.05) is 37.8 Å². The van der Waals surface area contributed by atoms with E-state index in [1.807, 2.05) is 63.5 Å². The molecular formula is C25H27N7O2S. The third-order valence-corrected chi connectivity index (χ3v) is 6.01. The SMILES string of the molecule is C[C@@H](Oc1ncc(C(=O)Nc2nnc(-c3ccncc3)s2)cc1NCCN(C)C)c1ccccc1. The van der Waals surface area contributed by atoms with Gasteiger partial charge in [0.2, 0.25) is 11.0 Å². The summed E-state index contributed by atoms with van der Waals surface area (Å²) in [4.78, 5) is 23.5. The normalized spacial score (nSPS) is 11.8. The molecular weight excluding hydrogens is 462 g/mol. The molecule has 0 radical (unpaired) electrons. The quantitative estimate of drug-likeness (QED) is 0.339. The molecule has 1 atom stereocenters. The van der Waals surface area contributed by atoms with Crippen LogP contribution >= 0.6 is 11.3 Å². The number of likely N-dealkylation sites (N-methyl/N-ethyl adjacent to an activating group) is 1. The number of amides is 1. The van der Waals surface area contributed by atoms with E-state index in [1.165, 1.54) is 17.5 Å². The number of carbonyl (C=O) groups is 1. The number of hydrogen-bond donors (Lipinski definition) is 2. The number of aromatic nitrogens is 4. The second-order valence-electron chi connectivity index (χ2n) is 8.08. The Hall–Kier alpha value is -3.89. The number of pyridine rings is 2. The predicted molar refractivity (Wildman–Crippen MR) is 138 cm³/mol. The first-order chi connectivity index (χ1) is 17.0. The second kappa shape index (κ2) is 11.5. The van der Waals surface area contributed by atoms with Gasteiger partial charge >= 0.3 is 0 Å². The number of benzene rings is 1. The topological polar surface area (TPSA) is 105 Å². The lowest BCUT2D eigenvalue weighted by Gasteiger charge is -2.19. The van der Waals surface area contributed by atoms with Crippen molar-refractivity contribution in [3.8, 4) is 16.5 Å². The van der Waals surface area contributed by atoms with Crippen molar-refractivity contribution in [2.24, 2.45) is 0 Å². The maximum Gasteiger partial charge on any atom is 0.259 e. The van der Waals surface area contributed by atoms with Gasteiger partial charge in [0.15, 0.2) is 0 Å². The number of hydrogen-bond acceptors (Lipinski definition) is 9. The molecule has 35 heavy (non-hydrogen) atoms. The van der Waals surface area contributed by atoms with Crippen LogP contribution in [-0.2, 0) is 0 Å². The van der Waals surface area contributed by atoms with E-state index in [2.05, 4.69) is 35.7 Å². The molecule has 3 aromatic heterocycles. The maximum absolute atomic E-state index is 13.0. The van der Waals surface area contributed by atoms with Crippen LogP contribution in [0, 0.1) is 0 Å². The summed E-state index contributed by atoms with van der Waals surface area (Å²) in [5.41, 5.74) is 2.97. The highest BCUT2D eigenvalue weighted by Crippen LogP contribution is 2.29. The zero-order valence-corrected chi connectivity index (χ0v) is 20.6. The Morgan fingerprint density at radius 3 is 2.63 bits per heavy atom. The summed E-state index contributed by atoms with van der Waals surface area (Å²) in [6, 6.07) is 15.4. The lowest BCUT2D eigenvalue weighted by molar-refractivity contribution is 0.102. The summed E-state index contributed by atoms with van der Waals surface area (Å²) in [5, 5.41) is 15.5. The molecule has 4 rings (SSSR count). The highest BCUT2D eigenvalue weighted by Gasteiger charge is 2.17. The molecule has 1 amide bonds. The zero-order chi connectivity index (χ0) is 24.6. The van der Waals surface area contributed by atoms with E-state index in [0.717, 1.165) is 17.7 Å². The monoisotopic (exact) mass is 489 g/mol. The summed E-state index contributed by atoms with van der Waals surface area (Å²) in [7, 11) is 4.00. The smallest absolute Gasteiger partial charge is 0.259 e. The van der Waals surface area contributed by atoms with Crippen molar-refractivity contribution in [3.63, 3.8) is 0 Å². The molecule has 0 aliphatic carbocycles. The number of nitrogens with zero attached hydrogens (tertiary/aromatic N) is 5. The van der Waals surface area contributed by atoms with Crippen LogP contribution in [0.5, 0.6) is 5.88 Å². The molecule has 0 saturated carbocycles. The molecule has 0 spiro atoms. The van der Waals surface area contributed by atoms with E-state index in [-0.39, 0.29) is 12.0 Å². The fourth-order valence-corrected chi connectivity index (χ4v) is 3.97. The van der Waals surface area contributed by atoms with Gasteiger partial charge in [-0.3, -0.25) is 15.1 Å². The minimum absolute atomic E-state index is 0.203. The molecule has 0 bridgehead atoms. The van der Waals surface area contributed by atoms with Crippen molar-refractivity contribution >= 4 is 28.1 Å². The Kier molecular flexibility index (Phi) is 7.96. The van der Waals surface area contributed by atoms with E-state index in [4.69, 9.17) is 4.74 Å². The average Bonchev–Trinajstić information content (AvgIpc) is 3.34. The van der Waals surface area contributed by atoms with Gasteiger partial charge in [-0.05, 0) is 44.8 Å². The van der Waals surface area contributed by atoms with Gasteiger partial charge in [0.25, 0.3) is 5.91 Å². The zero-order valence-electron chi connectivity index (χ0n) is 19.8. The molecule has 2 N–H and O–H groups in total. The molecule has 4 aromatic rings. The van der Waals surface area contributed by atoms with Gasteiger partial charge < -0.3 is 15.0 Å². The van der Waals surface area contributed by atoms with Gasteiger partial charge in [0, 0.05) is 37.2 Å². The van der Waals surface area contributed by atoms with Crippen molar-refractivity contribution in [1.29, 1.82) is 0 Å². The molecule has 180 valence electrons. The second-order valence-corrected chi connectivity index (χ2v) is 9.06. The van der Waals surface area contributed by atoms with Gasteiger partial charge in [-0.2, -0.15) is 0 Å². The lowest BCUT2D eigenvalue weighted by Crippen LogP contribution is -2.21. The first-order valence-electron chi connectivity index (χ1n) is 11.1. The largest absolute Gasteiger partial charge is 0.468 e. The summed E-state index contributed by atoms with van der Waals surface area (Å²) in [6.45, 7) is 3.45. The van der Waals surface area contributed by atoms with Gasteiger partial charge in [-0.15, -0.1) is 10.2 Å². The van der Waals surface area contributed by atoms with Crippen molar-refractivity contribution in [3.05, 3.63) is 78.2 Å². The van der Waals surface area contributed by atoms with Crippen LogP contribution in [0.15, 0.2) is 67.1 Å². The molecule has 10 heteroatoms. The van der Waals surface area contributed by atoms with Gasteiger partial charge in [0.1, 0.15) is 11.1 Å². The van der Waals surface area contributed by atoms with Gasteiger partial charge in [0.05, 0.1) is 11.3 Å². The Labute approximate surface area is 208 Å². The lowest BCUT2D eigenvalue weighted by atomic mass is 10.1. The average molecular weight is 490 g/mol. The van der Waals surface area contributed by atoms with E-state index in [1.54, 1.807) is 18.5 Å². The summed E-state index contributed by atoms with van der Waals surface area (Å²) in [5.74, 6) is 0.112. The van der Waals surface area contributed by atoms with E-state index in [9.17, 15) is 4.79 Å². The van der Waals surface area contributed by atoms with E-state index >= 15 is 0 Å². The van der Waals surface area contributed by atoms with Crippen LogP contribution in [-0.4, -0.2) is 58.2 Å². The van der Waals surface area contributed by atoms with Crippen LogP contribution in [0.25, 0.3) is 10.6 Å². The van der Waals surface area contributed by atoms with Gasteiger partial charge in [-0.1, -0.05) is 41.7 Å². The van der Waals surface area contributed by atoms with Crippen LogP contribution < -0.4 is 15.4 Å². The van der Waals surface area contributed by atoms with E-state index in [0.29, 0.717) is 33.8 Å². The van der Waals surface area contributed by atoms with Crippen LogP contribution in [0.1, 0.15) is 28.9 Å². The number of anilines is 2. The number of nitrogens with one attached hydrogen (secondary N) is 2. The molecule has 0 aliphatic heterocycles. The van der Waals surface area contributed by atoms with Crippen molar-refractivity contribution in [1.82, 2.24) is 25.1 Å². The first kappa shape index (κ1) is 24.2. The van der Waals surface area contributed by atoms with Crippen LogP contribution in [0.3, 0.4) is 0 Å². The maximum atomic E-state index is 13.0. The Bertz CT molecular complexity index is 1250. The number of ether oxygens (including phenoxy) is 1. The fraction of sp³-hybridized carbons (Fsp3) is 0.240. The third kappa shape index (κ3) is 6.58.